The Morgan fingerprint density at radius 3 is 1.39 bits per heavy atom. The fourth-order valence-corrected chi connectivity index (χ4v) is 5.01. The maximum absolute atomic E-state index is 13.6. The van der Waals surface area contributed by atoms with Crippen LogP contribution in [0, 0.1) is 0 Å². The molecule has 0 amide bonds. The summed E-state index contributed by atoms with van der Waals surface area (Å²) in [6, 6.07) is 13.6. The number of nitrogens with zero attached hydrogens (tertiary/aromatic N) is 2. The van der Waals surface area contributed by atoms with Gasteiger partial charge in [-0.3, -0.25) is 4.79 Å². The highest BCUT2D eigenvalue weighted by Crippen LogP contribution is 2.43. The Balaban J connectivity index is 1.75. The van der Waals surface area contributed by atoms with E-state index in [0.29, 0.717) is 57.0 Å². The summed E-state index contributed by atoms with van der Waals surface area (Å²) < 4.78 is 68.0. The number of carbonyl (C=O) groups is 1. The molecular weight excluding hydrogens is 577 g/mol. The Labute approximate surface area is 254 Å². The number of rotatable bonds is 13. The third-order valence-electron chi connectivity index (χ3n) is 7.15. The van der Waals surface area contributed by atoms with Crippen molar-refractivity contribution in [3.05, 3.63) is 66.0 Å². The van der Waals surface area contributed by atoms with Crippen LogP contribution in [0.3, 0.4) is 0 Å². The van der Waals surface area contributed by atoms with Crippen LogP contribution >= 0.6 is 0 Å². The van der Waals surface area contributed by atoms with Crippen LogP contribution in [0.5, 0.6) is 34.5 Å². The fourth-order valence-electron chi connectivity index (χ4n) is 5.01. The van der Waals surface area contributed by atoms with Gasteiger partial charge in [-0.15, -0.1) is 0 Å². The highest BCUT2D eigenvalue weighted by molar-refractivity contribution is 6.36. The molecule has 0 N–H and O–H groups in total. The van der Waals surface area contributed by atoms with Gasteiger partial charge in [0.2, 0.25) is 17.3 Å². The van der Waals surface area contributed by atoms with E-state index in [1.54, 1.807) is 71.8 Å². The molecule has 0 fully saturated rings. The lowest BCUT2D eigenvalue weighted by Gasteiger charge is -2.16. The normalized spacial score (nSPS) is 11.2. The molecule has 10 nitrogen and oxygen atoms in total. The number of halogens is 2. The molecule has 0 saturated heterocycles. The van der Waals surface area contributed by atoms with Gasteiger partial charge >= 0.3 is 7.47 Å². The number of methoxy groups -OCH3 is 6. The summed E-state index contributed by atoms with van der Waals surface area (Å²) in [6.07, 6.45) is 1.05. The number of allylic oxidation sites excluding steroid dienone is 1. The maximum Gasteiger partial charge on any atom is 0.796 e. The van der Waals surface area contributed by atoms with Crippen molar-refractivity contribution in [3.63, 3.8) is 0 Å². The minimum absolute atomic E-state index is 0.239. The third kappa shape index (κ3) is 6.03. The van der Waals surface area contributed by atoms with E-state index in [9.17, 15) is 13.4 Å². The molecule has 232 valence electrons. The van der Waals surface area contributed by atoms with Crippen molar-refractivity contribution in [1.82, 2.24) is 9.13 Å². The first-order valence-electron chi connectivity index (χ1n) is 13.3. The van der Waals surface area contributed by atoms with Gasteiger partial charge in [0.05, 0.1) is 54.0 Å². The van der Waals surface area contributed by atoms with Crippen molar-refractivity contribution in [1.29, 1.82) is 0 Å². The first kappa shape index (κ1) is 31.9. The van der Waals surface area contributed by atoms with Gasteiger partial charge in [-0.1, -0.05) is 0 Å². The summed E-state index contributed by atoms with van der Waals surface area (Å²) in [6.45, 7) is 0. The Hall–Kier alpha value is -5.07. The predicted octanol–water partition coefficient (Wildman–Crippen LogP) is 5.91. The summed E-state index contributed by atoms with van der Waals surface area (Å²) in [5.74, 6) is 1.71. The van der Waals surface area contributed by atoms with Gasteiger partial charge in [-0.25, -0.2) is 8.63 Å². The van der Waals surface area contributed by atoms with Gasteiger partial charge in [-0.2, -0.15) is 0 Å². The second-order valence-electron chi connectivity index (χ2n) is 9.41. The van der Waals surface area contributed by atoms with Crippen LogP contribution in [0.2, 0.25) is 0 Å². The largest absolute Gasteiger partial charge is 0.796 e. The van der Waals surface area contributed by atoms with Crippen LogP contribution < -0.4 is 28.4 Å². The Kier molecular flexibility index (Phi) is 9.77. The van der Waals surface area contributed by atoms with Crippen molar-refractivity contribution in [2.75, 3.05) is 42.7 Å². The number of aromatic nitrogens is 2. The molecule has 0 saturated carbocycles. The molecule has 13 heteroatoms. The molecule has 0 atom stereocenters. The molecule has 0 aliphatic carbocycles. The van der Waals surface area contributed by atoms with E-state index in [0.717, 1.165) is 6.08 Å². The SMILES string of the molecule is COc1cc(-c2ccc(C(=O)/C=C(/OB(F)F)c3ccc(-c4cc(OC)c(OC)c(OC)c4)n3C)n2C)cc(OC)c1OC. The van der Waals surface area contributed by atoms with Gasteiger partial charge in [0.15, 0.2) is 23.0 Å². The minimum atomic E-state index is -3.17. The molecule has 44 heavy (non-hydrogen) atoms. The molecule has 0 aliphatic heterocycles. The molecule has 2 heterocycles. The second-order valence-corrected chi connectivity index (χ2v) is 9.41. The smallest absolute Gasteiger partial charge is 0.503 e. The third-order valence-corrected chi connectivity index (χ3v) is 7.15. The predicted molar refractivity (Wildman–Crippen MR) is 162 cm³/mol. The van der Waals surface area contributed by atoms with Crippen molar-refractivity contribution in [3.8, 4) is 57.0 Å². The Morgan fingerprint density at radius 1 is 0.636 bits per heavy atom. The summed E-state index contributed by atoms with van der Waals surface area (Å²) in [4.78, 5) is 13.5. The second kappa shape index (κ2) is 13.5. The number of carbonyl (C=O) groups excluding carboxylic acids is 1. The molecular formula is C31H33BF2N2O8. The Bertz CT molecular complexity index is 1650. The number of hydrogen-bond donors (Lipinski definition) is 0. The average molecular weight is 610 g/mol. The maximum atomic E-state index is 13.6. The van der Waals surface area contributed by atoms with Crippen molar-refractivity contribution in [2.45, 2.75) is 0 Å². The number of ether oxygens (including phenoxy) is 6. The van der Waals surface area contributed by atoms with Gasteiger partial charge in [-0.05, 0) is 48.5 Å². The van der Waals surface area contributed by atoms with E-state index in [4.69, 9.17) is 33.1 Å². The highest BCUT2D eigenvalue weighted by Gasteiger charge is 2.25. The standard InChI is InChI=1S/C31H33BF2N2O8/c1-35-20(18-13-26(38-3)30(42-7)27(14-18)39-4)9-11-22(35)24(37)17-25(44-32(33)34)23-12-10-21(36(23)2)19-15-28(40-5)31(43-8)29(16-19)41-6/h9-17H,1-8H3/b25-17+. The number of benzene rings is 2. The van der Waals surface area contributed by atoms with E-state index < -0.39 is 13.3 Å². The molecule has 2 aromatic heterocycles. The zero-order valence-electron chi connectivity index (χ0n) is 25.7. The summed E-state index contributed by atoms with van der Waals surface area (Å²) >= 11 is 0. The first-order chi connectivity index (χ1) is 21.1. The molecule has 0 bridgehead atoms. The first-order valence-corrected chi connectivity index (χ1v) is 13.3. The lowest BCUT2D eigenvalue weighted by atomic mass is 10.1. The van der Waals surface area contributed by atoms with E-state index >= 15 is 0 Å². The highest BCUT2D eigenvalue weighted by atomic mass is 19.2. The zero-order valence-corrected chi connectivity index (χ0v) is 25.7. The van der Waals surface area contributed by atoms with Crippen LogP contribution in [0.4, 0.5) is 8.63 Å². The molecule has 2 aromatic carbocycles. The van der Waals surface area contributed by atoms with Crippen molar-refractivity contribution in [2.24, 2.45) is 14.1 Å². The monoisotopic (exact) mass is 610 g/mol. The zero-order chi connectivity index (χ0) is 32.1. The molecule has 0 aliphatic rings. The molecule has 0 unspecified atom stereocenters. The van der Waals surface area contributed by atoms with E-state index in [1.165, 1.54) is 42.7 Å². The molecule has 4 rings (SSSR count). The average Bonchev–Trinajstić information content (AvgIpc) is 3.60. The fraction of sp³-hybridized carbons (Fsp3) is 0.258. The summed E-state index contributed by atoms with van der Waals surface area (Å²) in [5.41, 5.74) is 3.12. The van der Waals surface area contributed by atoms with Gasteiger partial charge in [0.25, 0.3) is 0 Å². The van der Waals surface area contributed by atoms with E-state index in [2.05, 4.69) is 0 Å². The van der Waals surface area contributed by atoms with E-state index in [1.807, 2.05) is 0 Å². The van der Waals surface area contributed by atoms with Crippen LogP contribution in [0.25, 0.3) is 28.3 Å². The number of ketones is 1. The quantitative estimate of drug-likeness (QED) is 0.0799. The van der Waals surface area contributed by atoms with Crippen LogP contribution in [0.15, 0.2) is 54.6 Å². The van der Waals surface area contributed by atoms with Gasteiger partial charge in [0.1, 0.15) is 5.76 Å². The molecule has 4 aromatic rings. The van der Waals surface area contributed by atoms with Gasteiger partial charge < -0.3 is 42.2 Å². The van der Waals surface area contributed by atoms with E-state index in [-0.39, 0.29) is 17.1 Å². The van der Waals surface area contributed by atoms with Crippen molar-refractivity contribution < 1.29 is 46.5 Å². The van der Waals surface area contributed by atoms with Gasteiger partial charge in [0, 0.05) is 42.7 Å². The molecule has 0 radical (unpaired) electrons. The van der Waals surface area contributed by atoms with Crippen LogP contribution in [-0.2, 0) is 18.7 Å². The van der Waals surface area contributed by atoms with Crippen molar-refractivity contribution >= 4 is 19.0 Å². The minimum Gasteiger partial charge on any atom is -0.503 e. The Morgan fingerprint density at radius 2 is 1.02 bits per heavy atom. The molecule has 0 spiro atoms. The summed E-state index contributed by atoms with van der Waals surface area (Å²) in [7, 11) is 9.21. The van der Waals surface area contributed by atoms with Crippen LogP contribution in [0.1, 0.15) is 16.2 Å². The lowest BCUT2D eigenvalue weighted by Crippen LogP contribution is -2.11. The lowest BCUT2D eigenvalue weighted by molar-refractivity contribution is 0.103. The topological polar surface area (TPSA) is 91.5 Å². The summed E-state index contributed by atoms with van der Waals surface area (Å²) in [5, 5.41) is 0. The number of hydrogen-bond acceptors (Lipinski definition) is 8. The van der Waals surface area contributed by atoms with Crippen LogP contribution in [-0.4, -0.2) is 65.0 Å².